The Kier molecular flexibility index (Phi) is 4.34. The first kappa shape index (κ1) is 15.4. The van der Waals surface area contributed by atoms with Gasteiger partial charge in [0.1, 0.15) is 0 Å². The SMILES string of the molecule is O=C(c1cnn(Cc2ccccc2)c1)N1CC[C@@H]2CNC[C@@H]2CC1. The van der Waals surface area contributed by atoms with Gasteiger partial charge in [0.2, 0.25) is 0 Å². The second-order valence-electron chi connectivity index (χ2n) is 6.96. The summed E-state index contributed by atoms with van der Waals surface area (Å²) in [4.78, 5) is 14.8. The largest absolute Gasteiger partial charge is 0.339 e. The van der Waals surface area contributed by atoms with Crippen molar-refractivity contribution in [2.75, 3.05) is 26.2 Å². The number of hydrogen-bond donors (Lipinski definition) is 1. The zero-order valence-electron chi connectivity index (χ0n) is 13.9. The fourth-order valence-corrected chi connectivity index (χ4v) is 3.93. The van der Waals surface area contributed by atoms with Gasteiger partial charge in [0, 0.05) is 19.3 Å². The highest BCUT2D eigenvalue weighted by molar-refractivity contribution is 5.93. The lowest BCUT2D eigenvalue weighted by Gasteiger charge is -2.20. The topological polar surface area (TPSA) is 50.2 Å². The van der Waals surface area contributed by atoms with Crippen molar-refractivity contribution in [3.8, 4) is 0 Å². The van der Waals surface area contributed by atoms with E-state index in [-0.39, 0.29) is 5.91 Å². The van der Waals surface area contributed by atoms with E-state index in [1.54, 1.807) is 6.20 Å². The van der Waals surface area contributed by atoms with E-state index < -0.39 is 0 Å². The van der Waals surface area contributed by atoms with Crippen LogP contribution >= 0.6 is 0 Å². The molecule has 0 unspecified atom stereocenters. The number of nitrogens with zero attached hydrogens (tertiary/aromatic N) is 3. The molecule has 126 valence electrons. The van der Waals surface area contributed by atoms with Crippen LogP contribution in [0.15, 0.2) is 42.7 Å². The van der Waals surface area contributed by atoms with Crippen molar-refractivity contribution in [2.24, 2.45) is 11.8 Å². The van der Waals surface area contributed by atoms with E-state index in [9.17, 15) is 4.79 Å². The molecule has 1 amide bonds. The van der Waals surface area contributed by atoms with Gasteiger partial charge < -0.3 is 10.2 Å². The molecule has 0 radical (unpaired) electrons. The van der Waals surface area contributed by atoms with Gasteiger partial charge in [-0.15, -0.1) is 0 Å². The van der Waals surface area contributed by atoms with Gasteiger partial charge >= 0.3 is 0 Å². The normalized spacial score (nSPS) is 23.8. The molecule has 1 aromatic carbocycles. The molecule has 1 N–H and O–H groups in total. The van der Waals surface area contributed by atoms with Crippen LogP contribution in [-0.4, -0.2) is 46.8 Å². The van der Waals surface area contributed by atoms with Gasteiger partial charge in [0.25, 0.3) is 5.91 Å². The van der Waals surface area contributed by atoms with Gasteiger partial charge in [0.15, 0.2) is 0 Å². The number of likely N-dealkylation sites (tertiary alicyclic amines) is 1. The summed E-state index contributed by atoms with van der Waals surface area (Å²) in [5.74, 6) is 1.61. The van der Waals surface area contributed by atoms with E-state index in [0.717, 1.165) is 50.9 Å². The van der Waals surface area contributed by atoms with Crippen LogP contribution in [0.1, 0.15) is 28.8 Å². The molecule has 24 heavy (non-hydrogen) atoms. The first-order chi connectivity index (χ1) is 11.8. The first-order valence-electron chi connectivity index (χ1n) is 8.86. The molecule has 2 aliphatic heterocycles. The fourth-order valence-electron chi connectivity index (χ4n) is 3.93. The molecule has 3 heterocycles. The van der Waals surface area contributed by atoms with E-state index in [4.69, 9.17) is 0 Å². The van der Waals surface area contributed by atoms with Crippen LogP contribution < -0.4 is 5.32 Å². The van der Waals surface area contributed by atoms with Crippen molar-refractivity contribution < 1.29 is 4.79 Å². The maximum absolute atomic E-state index is 12.8. The summed E-state index contributed by atoms with van der Waals surface area (Å²) in [6, 6.07) is 10.2. The van der Waals surface area contributed by atoms with Crippen LogP contribution in [0.5, 0.6) is 0 Å². The van der Waals surface area contributed by atoms with E-state index in [1.807, 2.05) is 34.0 Å². The molecule has 5 nitrogen and oxygen atoms in total. The average Bonchev–Trinajstić information content (AvgIpc) is 3.21. The molecule has 2 atom stereocenters. The van der Waals surface area contributed by atoms with Crippen molar-refractivity contribution in [1.82, 2.24) is 20.0 Å². The number of fused-ring (bicyclic) bond motifs is 1. The third kappa shape index (κ3) is 3.22. The van der Waals surface area contributed by atoms with Crippen molar-refractivity contribution in [1.29, 1.82) is 0 Å². The minimum Gasteiger partial charge on any atom is -0.339 e. The molecule has 2 aromatic rings. The number of amides is 1. The van der Waals surface area contributed by atoms with Gasteiger partial charge in [0.05, 0.1) is 18.3 Å². The van der Waals surface area contributed by atoms with Gasteiger partial charge in [-0.1, -0.05) is 30.3 Å². The lowest BCUT2D eigenvalue weighted by atomic mass is 9.92. The summed E-state index contributed by atoms with van der Waals surface area (Å²) < 4.78 is 1.85. The Balaban J connectivity index is 1.41. The molecule has 0 bridgehead atoms. The fraction of sp³-hybridized carbons (Fsp3) is 0.474. The summed E-state index contributed by atoms with van der Waals surface area (Å²) in [6.45, 7) is 4.66. The number of carbonyl (C=O) groups is 1. The quantitative estimate of drug-likeness (QED) is 0.939. The lowest BCUT2D eigenvalue weighted by molar-refractivity contribution is 0.0758. The monoisotopic (exact) mass is 324 g/mol. The van der Waals surface area contributed by atoms with Crippen molar-refractivity contribution in [3.63, 3.8) is 0 Å². The van der Waals surface area contributed by atoms with Crippen LogP contribution in [-0.2, 0) is 6.54 Å². The average molecular weight is 324 g/mol. The van der Waals surface area contributed by atoms with Gasteiger partial charge in [-0.3, -0.25) is 9.48 Å². The molecule has 2 fully saturated rings. The number of nitrogens with one attached hydrogen (secondary N) is 1. The molecule has 5 heteroatoms. The van der Waals surface area contributed by atoms with Gasteiger partial charge in [-0.25, -0.2) is 0 Å². The molecular formula is C19H24N4O. The molecule has 1 aromatic heterocycles. The summed E-state index contributed by atoms with van der Waals surface area (Å²) in [6.07, 6.45) is 5.81. The van der Waals surface area contributed by atoms with E-state index in [1.165, 1.54) is 5.56 Å². The Morgan fingerprint density at radius 2 is 1.83 bits per heavy atom. The zero-order valence-corrected chi connectivity index (χ0v) is 13.9. The van der Waals surface area contributed by atoms with Crippen LogP contribution in [0.3, 0.4) is 0 Å². The van der Waals surface area contributed by atoms with E-state index in [2.05, 4.69) is 22.5 Å². The predicted molar refractivity (Wildman–Crippen MR) is 92.8 cm³/mol. The van der Waals surface area contributed by atoms with Gasteiger partial charge in [-0.2, -0.15) is 5.10 Å². The second kappa shape index (κ2) is 6.77. The maximum Gasteiger partial charge on any atom is 0.257 e. The standard InChI is InChI=1S/C19H24N4O/c24-19(22-8-6-16-10-20-11-17(16)7-9-22)18-12-21-23(14-18)13-15-4-2-1-3-5-15/h1-5,12,14,16-17,20H,6-11,13H2/t16-,17+. The first-order valence-corrected chi connectivity index (χ1v) is 8.86. The summed E-state index contributed by atoms with van der Waals surface area (Å²) in [7, 11) is 0. The van der Waals surface area contributed by atoms with E-state index >= 15 is 0 Å². The number of benzene rings is 1. The molecule has 0 spiro atoms. The molecule has 2 saturated heterocycles. The smallest absolute Gasteiger partial charge is 0.257 e. The highest BCUT2D eigenvalue weighted by atomic mass is 16.2. The number of carbonyl (C=O) groups excluding carboxylic acids is 1. The Hall–Kier alpha value is -2.14. The Morgan fingerprint density at radius 1 is 1.12 bits per heavy atom. The minimum atomic E-state index is 0.127. The summed E-state index contributed by atoms with van der Waals surface area (Å²) in [5.41, 5.74) is 1.89. The highest BCUT2D eigenvalue weighted by Gasteiger charge is 2.31. The van der Waals surface area contributed by atoms with E-state index in [0.29, 0.717) is 12.1 Å². The molecular weight excluding hydrogens is 300 g/mol. The third-order valence-electron chi connectivity index (χ3n) is 5.37. The Morgan fingerprint density at radius 3 is 2.54 bits per heavy atom. The second-order valence-corrected chi connectivity index (χ2v) is 6.96. The molecule has 0 aliphatic carbocycles. The predicted octanol–water partition coefficient (Wildman–Crippen LogP) is 2.00. The van der Waals surface area contributed by atoms with Crippen LogP contribution in [0.25, 0.3) is 0 Å². The molecule has 2 aliphatic rings. The van der Waals surface area contributed by atoms with Gasteiger partial charge in [-0.05, 0) is 43.3 Å². The minimum absolute atomic E-state index is 0.127. The molecule has 0 saturated carbocycles. The van der Waals surface area contributed by atoms with Crippen molar-refractivity contribution in [3.05, 3.63) is 53.9 Å². The Bertz CT molecular complexity index is 682. The lowest BCUT2D eigenvalue weighted by Crippen LogP contribution is -2.32. The number of hydrogen-bond acceptors (Lipinski definition) is 3. The van der Waals surface area contributed by atoms with Crippen molar-refractivity contribution in [2.45, 2.75) is 19.4 Å². The van der Waals surface area contributed by atoms with Crippen LogP contribution in [0.4, 0.5) is 0 Å². The highest BCUT2D eigenvalue weighted by Crippen LogP contribution is 2.27. The van der Waals surface area contributed by atoms with Crippen molar-refractivity contribution >= 4 is 5.91 Å². The summed E-state index contributed by atoms with van der Waals surface area (Å²) in [5, 5.41) is 7.84. The third-order valence-corrected chi connectivity index (χ3v) is 5.37. The number of rotatable bonds is 3. The maximum atomic E-state index is 12.8. The summed E-state index contributed by atoms with van der Waals surface area (Å²) >= 11 is 0. The molecule has 4 rings (SSSR count). The Labute approximate surface area is 142 Å². The van der Waals surface area contributed by atoms with Crippen LogP contribution in [0.2, 0.25) is 0 Å². The number of aromatic nitrogens is 2. The zero-order chi connectivity index (χ0) is 16.4. The van der Waals surface area contributed by atoms with Crippen LogP contribution in [0, 0.1) is 11.8 Å².